The van der Waals surface area contributed by atoms with Crippen LogP contribution in [0.1, 0.15) is 0 Å². The predicted molar refractivity (Wildman–Crippen MR) is 80.6 cm³/mol. The molecule has 0 spiro atoms. The van der Waals surface area contributed by atoms with Gasteiger partial charge >= 0.3 is 0 Å². The smallest absolute Gasteiger partial charge is 0.198 e. The molecule has 1 heterocycles. The second-order valence-electron chi connectivity index (χ2n) is 4.44. The Bertz CT molecular complexity index is 729. The molecule has 4 nitrogen and oxygen atoms in total. The molecule has 0 bridgehead atoms. The van der Waals surface area contributed by atoms with Crippen LogP contribution in [0.3, 0.4) is 0 Å². The third-order valence-corrected chi connectivity index (χ3v) is 3.24. The van der Waals surface area contributed by atoms with Crippen LogP contribution in [-0.2, 0) is 0 Å². The van der Waals surface area contributed by atoms with Gasteiger partial charge in [-0.25, -0.2) is 0 Å². The van der Waals surface area contributed by atoms with Crippen LogP contribution in [0.25, 0.3) is 5.69 Å². The number of rotatable bonds is 3. The SMILES string of the molecule is Oc1ccc(O)n1-c1ccc(Oc2ccc(Cl)cc2)cc1. The number of halogens is 1. The summed E-state index contributed by atoms with van der Waals surface area (Å²) in [6.45, 7) is 0. The molecule has 0 aliphatic heterocycles. The quantitative estimate of drug-likeness (QED) is 0.757. The molecule has 0 aliphatic rings. The van der Waals surface area contributed by atoms with E-state index >= 15 is 0 Å². The minimum atomic E-state index is -0.0288. The molecular formula is C16H12ClNO3. The molecule has 0 atom stereocenters. The summed E-state index contributed by atoms with van der Waals surface area (Å²) in [5, 5.41) is 20.0. The highest BCUT2D eigenvalue weighted by Crippen LogP contribution is 2.29. The molecule has 1 aromatic heterocycles. The van der Waals surface area contributed by atoms with Crippen molar-refractivity contribution in [3.8, 4) is 28.9 Å². The Kier molecular flexibility index (Phi) is 3.46. The van der Waals surface area contributed by atoms with Crippen molar-refractivity contribution in [2.24, 2.45) is 0 Å². The molecule has 0 fully saturated rings. The topological polar surface area (TPSA) is 54.6 Å². The third kappa shape index (κ3) is 2.80. The van der Waals surface area contributed by atoms with Crippen molar-refractivity contribution in [3.63, 3.8) is 0 Å². The molecule has 0 saturated heterocycles. The van der Waals surface area contributed by atoms with Crippen molar-refractivity contribution in [1.82, 2.24) is 4.57 Å². The van der Waals surface area contributed by atoms with Crippen LogP contribution < -0.4 is 4.74 Å². The zero-order valence-electron chi connectivity index (χ0n) is 10.9. The molecule has 0 unspecified atom stereocenters. The molecule has 2 aromatic carbocycles. The highest BCUT2D eigenvalue weighted by Gasteiger charge is 2.08. The number of hydrogen-bond donors (Lipinski definition) is 2. The van der Waals surface area contributed by atoms with Crippen molar-refractivity contribution in [3.05, 3.63) is 65.7 Å². The van der Waals surface area contributed by atoms with E-state index in [1.54, 1.807) is 48.5 Å². The summed E-state index contributed by atoms with van der Waals surface area (Å²) < 4.78 is 7.00. The fraction of sp³-hybridized carbons (Fsp3) is 0. The minimum Gasteiger partial charge on any atom is -0.494 e. The molecular weight excluding hydrogens is 290 g/mol. The van der Waals surface area contributed by atoms with Gasteiger partial charge in [0.05, 0.1) is 5.69 Å². The molecule has 0 radical (unpaired) electrons. The molecule has 3 aromatic rings. The Morgan fingerprint density at radius 3 is 1.71 bits per heavy atom. The molecule has 3 rings (SSSR count). The van der Waals surface area contributed by atoms with E-state index in [0.717, 1.165) is 0 Å². The Hall–Kier alpha value is -2.59. The van der Waals surface area contributed by atoms with Crippen LogP contribution in [-0.4, -0.2) is 14.8 Å². The summed E-state index contributed by atoms with van der Waals surface area (Å²) in [6.07, 6.45) is 0. The average Bonchev–Trinajstić information content (AvgIpc) is 2.82. The summed E-state index contributed by atoms with van der Waals surface area (Å²) in [4.78, 5) is 0. The Balaban J connectivity index is 1.83. The predicted octanol–water partition coefficient (Wildman–Crippen LogP) is 4.33. The van der Waals surface area contributed by atoms with Crippen LogP contribution in [0.4, 0.5) is 0 Å². The van der Waals surface area contributed by atoms with Crippen molar-refractivity contribution >= 4 is 11.6 Å². The van der Waals surface area contributed by atoms with E-state index in [-0.39, 0.29) is 11.8 Å². The van der Waals surface area contributed by atoms with Gasteiger partial charge in [0.25, 0.3) is 0 Å². The normalized spacial score (nSPS) is 10.5. The zero-order valence-corrected chi connectivity index (χ0v) is 11.7. The van der Waals surface area contributed by atoms with E-state index in [9.17, 15) is 10.2 Å². The minimum absolute atomic E-state index is 0.0288. The van der Waals surface area contributed by atoms with Gasteiger partial charge in [0, 0.05) is 17.2 Å². The number of hydrogen-bond acceptors (Lipinski definition) is 3. The average molecular weight is 302 g/mol. The number of benzene rings is 2. The summed E-state index contributed by atoms with van der Waals surface area (Å²) in [7, 11) is 0. The fourth-order valence-corrected chi connectivity index (χ4v) is 2.11. The van der Waals surface area contributed by atoms with Crippen LogP contribution >= 0.6 is 11.6 Å². The van der Waals surface area contributed by atoms with Crippen molar-refractivity contribution in [1.29, 1.82) is 0 Å². The first-order valence-electron chi connectivity index (χ1n) is 6.27. The van der Waals surface area contributed by atoms with Crippen molar-refractivity contribution in [2.45, 2.75) is 0 Å². The largest absolute Gasteiger partial charge is 0.494 e. The first-order valence-corrected chi connectivity index (χ1v) is 6.65. The summed E-state index contributed by atoms with van der Waals surface area (Å²) in [5.74, 6) is 1.27. The van der Waals surface area contributed by atoms with Gasteiger partial charge in [-0.3, -0.25) is 4.57 Å². The van der Waals surface area contributed by atoms with Crippen LogP contribution in [0.2, 0.25) is 5.02 Å². The van der Waals surface area contributed by atoms with Gasteiger partial charge in [0.15, 0.2) is 11.8 Å². The van der Waals surface area contributed by atoms with Gasteiger partial charge < -0.3 is 14.9 Å². The number of ether oxygens (including phenoxy) is 1. The van der Waals surface area contributed by atoms with E-state index in [0.29, 0.717) is 22.2 Å². The Morgan fingerprint density at radius 2 is 1.19 bits per heavy atom. The number of aromatic nitrogens is 1. The van der Waals surface area contributed by atoms with Gasteiger partial charge in [-0.15, -0.1) is 0 Å². The van der Waals surface area contributed by atoms with E-state index in [4.69, 9.17) is 16.3 Å². The molecule has 5 heteroatoms. The first kappa shape index (κ1) is 13.4. The molecule has 2 N–H and O–H groups in total. The lowest BCUT2D eigenvalue weighted by molar-refractivity contribution is 0.402. The standard InChI is InChI=1S/C16H12ClNO3/c17-11-1-5-13(6-2-11)21-14-7-3-12(4-8-14)18-15(19)9-10-16(18)20/h1-10,19-20H. The van der Waals surface area contributed by atoms with Gasteiger partial charge in [0.1, 0.15) is 11.5 Å². The van der Waals surface area contributed by atoms with Gasteiger partial charge in [0.2, 0.25) is 0 Å². The second-order valence-corrected chi connectivity index (χ2v) is 4.87. The molecule has 0 aliphatic carbocycles. The lowest BCUT2D eigenvalue weighted by atomic mass is 10.3. The van der Waals surface area contributed by atoms with Crippen LogP contribution in [0.15, 0.2) is 60.7 Å². The Labute approximate surface area is 126 Å². The maximum Gasteiger partial charge on any atom is 0.198 e. The monoisotopic (exact) mass is 301 g/mol. The van der Waals surface area contributed by atoms with Crippen molar-refractivity contribution in [2.75, 3.05) is 0 Å². The molecule has 0 amide bonds. The first-order chi connectivity index (χ1) is 10.1. The highest BCUT2D eigenvalue weighted by molar-refractivity contribution is 6.30. The zero-order chi connectivity index (χ0) is 14.8. The van der Waals surface area contributed by atoms with E-state index in [2.05, 4.69) is 0 Å². The second kappa shape index (κ2) is 5.42. The highest BCUT2D eigenvalue weighted by atomic mass is 35.5. The molecule has 106 valence electrons. The lowest BCUT2D eigenvalue weighted by Crippen LogP contribution is -1.92. The molecule has 21 heavy (non-hydrogen) atoms. The van der Waals surface area contributed by atoms with E-state index in [1.165, 1.54) is 16.7 Å². The third-order valence-electron chi connectivity index (χ3n) is 2.98. The van der Waals surface area contributed by atoms with Crippen molar-refractivity contribution < 1.29 is 14.9 Å². The van der Waals surface area contributed by atoms with Gasteiger partial charge in [-0.2, -0.15) is 0 Å². The number of aromatic hydroxyl groups is 2. The Morgan fingerprint density at radius 1 is 0.714 bits per heavy atom. The van der Waals surface area contributed by atoms with Gasteiger partial charge in [-0.05, 0) is 48.5 Å². The van der Waals surface area contributed by atoms with Gasteiger partial charge in [-0.1, -0.05) is 11.6 Å². The lowest BCUT2D eigenvalue weighted by Gasteiger charge is -2.09. The van der Waals surface area contributed by atoms with Crippen LogP contribution in [0.5, 0.6) is 23.3 Å². The molecule has 0 saturated carbocycles. The van der Waals surface area contributed by atoms with Crippen LogP contribution in [0, 0.1) is 0 Å². The maximum absolute atomic E-state index is 9.67. The summed E-state index contributed by atoms with van der Waals surface area (Å²) in [5.41, 5.74) is 0.637. The van der Waals surface area contributed by atoms with E-state index < -0.39 is 0 Å². The summed E-state index contributed by atoms with van der Waals surface area (Å²) in [6, 6.07) is 16.9. The maximum atomic E-state index is 9.67. The fourth-order valence-electron chi connectivity index (χ4n) is 1.98. The summed E-state index contributed by atoms with van der Waals surface area (Å²) >= 11 is 5.82. The van der Waals surface area contributed by atoms with E-state index in [1.807, 2.05) is 0 Å². The number of nitrogens with zero attached hydrogens (tertiary/aromatic N) is 1.